The monoisotopic (exact) mass is 207 g/mol. The zero-order valence-corrected chi connectivity index (χ0v) is 8.35. The molecule has 1 fully saturated rings. The van der Waals surface area contributed by atoms with Gasteiger partial charge < -0.3 is 9.84 Å². The first-order valence-electron chi connectivity index (χ1n) is 5.09. The molecule has 4 nitrogen and oxygen atoms in total. The maximum atomic E-state index is 10.7. The molecule has 1 unspecified atom stereocenters. The van der Waals surface area contributed by atoms with E-state index in [1.807, 2.05) is 6.07 Å². The van der Waals surface area contributed by atoms with Gasteiger partial charge in [-0.3, -0.25) is 0 Å². The second kappa shape index (κ2) is 4.40. The van der Waals surface area contributed by atoms with E-state index in [0.29, 0.717) is 0 Å². The first-order chi connectivity index (χ1) is 7.27. The van der Waals surface area contributed by atoms with Crippen LogP contribution in [0.25, 0.3) is 0 Å². The van der Waals surface area contributed by atoms with E-state index in [4.69, 9.17) is 9.84 Å². The highest BCUT2D eigenvalue weighted by Gasteiger charge is 2.18. The molecule has 2 rings (SSSR count). The molecule has 0 radical (unpaired) electrons. The average molecular weight is 207 g/mol. The number of carbonyl (C=O) groups is 1. The Morgan fingerprint density at radius 1 is 1.47 bits per heavy atom. The molecule has 15 heavy (non-hydrogen) atoms. The van der Waals surface area contributed by atoms with Gasteiger partial charge in [-0.05, 0) is 31.4 Å². The molecule has 0 aromatic carbocycles. The summed E-state index contributed by atoms with van der Waals surface area (Å²) in [6, 6.07) is 5.03. The highest BCUT2D eigenvalue weighted by atomic mass is 16.5. The number of carboxylic acid groups (broad SMARTS) is 1. The van der Waals surface area contributed by atoms with Crippen LogP contribution in [0.4, 0.5) is 0 Å². The van der Waals surface area contributed by atoms with Crippen molar-refractivity contribution >= 4 is 5.97 Å². The van der Waals surface area contributed by atoms with Crippen LogP contribution in [0.1, 0.15) is 41.5 Å². The summed E-state index contributed by atoms with van der Waals surface area (Å²) < 4.78 is 5.54. The van der Waals surface area contributed by atoms with Gasteiger partial charge in [0.05, 0.1) is 11.8 Å². The Morgan fingerprint density at radius 2 is 2.33 bits per heavy atom. The van der Waals surface area contributed by atoms with E-state index in [1.54, 1.807) is 6.07 Å². The lowest BCUT2D eigenvalue weighted by atomic mass is 10.1. The Labute approximate surface area is 87.9 Å². The van der Waals surface area contributed by atoms with E-state index in [2.05, 4.69) is 4.98 Å². The molecule has 0 saturated carbocycles. The van der Waals surface area contributed by atoms with Crippen LogP contribution in [0, 0.1) is 0 Å². The van der Waals surface area contributed by atoms with Crippen molar-refractivity contribution in [2.45, 2.75) is 25.4 Å². The van der Waals surface area contributed by atoms with Crippen LogP contribution in [-0.2, 0) is 4.74 Å². The van der Waals surface area contributed by atoms with E-state index in [0.717, 1.165) is 31.6 Å². The van der Waals surface area contributed by atoms with Crippen LogP contribution in [0.3, 0.4) is 0 Å². The normalized spacial score (nSPS) is 21.2. The number of pyridine rings is 1. The van der Waals surface area contributed by atoms with Gasteiger partial charge in [-0.15, -0.1) is 0 Å². The molecule has 1 aromatic rings. The topological polar surface area (TPSA) is 59.4 Å². The number of rotatable bonds is 2. The van der Waals surface area contributed by atoms with Crippen molar-refractivity contribution in [3.63, 3.8) is 0 Å². The summed E-state index contributed by atoms with van der Waals surface area (Å²) in [5.74, 6) is -0.993. The lowest BCUT2D eigenvalue weighted by Crippen LogP contribution is -2.14. The SMILES string of the molecule is O=C(O)c1cccc(C2CCCCO2)n1. The fourth-order valence-corrected chi connectivity index (χ4v) is 1.72. The summed E-state index contributed by atoms with van der Waals surface area (Å²) in [7, 11) is 0. The lowest BCUT2D eigenvalue weighted by Gasteiger charge is -2.22. The number of nitrogens with zero attached hydrogens (tertiary/aromatic N) is 1. The fraction of sp³-hybridized carbons (Fsp3) is 0.455. The molecule has 1 aromatic heterocycles. The minimum atomic E-state index is -0.993. The van der Waals surface area contributed by atoms with Crippen molar-refractivity contribution < 1.29 is 14.6 Å². The molecule has 1 atom stereocenters. The van der Waals surface area contributed by atoms with Crippen molar-refractivity contribution in [2.75, 3.05) is 6.61 Å². The minimum Gasteiger partial charge on any atom is -0.477 e. The van der Waals surface area contributed by atoms with Crippen molar-refractivity contribution in [1.82, 2.24) is 4.98 Å². The van der Waals surface area contributed by atoms with E-state index >= 15 is 0 Å². The largest absolute Gasteiger partial charge is 0.477 e. The zero-order chi connectivity index (χ0) is 10.7. The van der Waals surface area contributed by atoms with Gasteiger partial charge in [0.25, 0.3) is 0 Å². The molecule has 0 spiro atoms. The van der Waals surface area contributed by atoms with E-state index in [1.165, 1.54) is 6.07 Å². The first kappa shape index (κ1) is 10.1. The van der Waals surface area contributed by atoms with Gasteiger partial charge in [0.2, 0.25) is 0 Å². The average Bonchev–Trinajstić information content (AvgIpc) is 2.30. The van der Waals surface area contributed by atoms with Crippen molar-refractivity contribution in [2.24, 2.45) is 0 Å². The van der Waals surface area contributed by atoms with Gasteiger partial charge >= 0.3 is 5.97 Å². The van der Waals surface area contributed by atoms with Gasteiger partial charge in [-0.2, -0.15) is 0 Å². The molecule has 4 heteroatoms. The Kier molecular flexibility index (Phi) is 2.97. The standard InChI is InChI=1S/C11H13NO3/c13-11(14)9-5-3-4-8(12-9)10-6-1-2-7-15-10/h3-5,10H,1-2,6-7H2,(H,13,14). The molecular weight excluding hydrogens is 194 g/mol. The predicted octanol–water partition coefficient (Wildman–Crippen LogP) is 2.02. The molecule has 0 aliphatic carbocycles. The second-order valence-electron chi connectivity index (χ2n) is 3.61. The highest BCUT2D eigenvalue weighted by Crippen LogP contribution is 2.26. The fourth-order valence-electron chi connectivity index (χ4n) is 1.72. The molecule has 0 bridgehead atoms. The summed E-state index contributed by atoms with van der Waals surface area (Å²) in [6.45, 7) is 0.740. The Balaban J connectivity index is 2.19. The Morgan fingerprint density at radius 3 is 3.00 bits per heavy atom. The molecule has 1 aliphatic rings. The second-order valence-corrected chi connectivity index (χ2v) is 3.61. The molecule has 1 saturated heterocycles. The van der Waals surface area contributed by atoms with Crippen LogP contribution in [0.15, 0.2) is 18.2 Å². The number of hydrogen-bond acceptors (Lipinski definition) is 3. The summed E-state index contributed by atoms with van der Waals surface area (Å²) in [4.78, 5) is 14.8. The van der Waals surface area contributed by atoms with Gasteiger partial charge in [0.1, 0.15) is 5.69 Å². The molecule has 1 N–H and O–H groups in total. The van der Waals surface area contributed by atoms with E-state index < -0.39 is 5.97 Å². The van der Waals surface area contributed by atoms with Crippen LogP contribution < -0.4 is 0 Å². The number of ether oxygens (including phenoxy) is 1. The molecule has 2 heterocycles. The third-order valence-corrected chi connectivity index (χ3v) is 2.50. The lowest BCUT2D eigenvalue weighted by molar-refractivity contribution is 0.0121. The maximum Gasteiger partial charge on any atom is 0.354 e. The third-order valence-electron chi connectivity index (χ3n) is 2.50. The van der Waals surface area contributed by atoms with Gasteiger partial charge in [-0.1, -0.05) is 6.07 Å². The quantitative estimate of drug-likeness (QED) is 0.806. The zero-order valence-electron chi connectivity index (χ0n) is 8.35. The van der Waals surface area contributed by atoms with E-state index in [9.17, 15) is 4.79 Å². The van der Waals surface area contributed by atoms with Crippen LogP contribution in [-0.4, -0.2) is 22.7 Å². The molecule has 80 valence electrons. The number of carboxylic acids is 1. The number of aromatic carboxylic acids is 1. The van der Waals surface area contributed by atoms with Crippen molar-refractivity contribution in [3.05, 3.63) is 29.6 Å². The number of hydrogen-bond donors (Lipinski definition) is 1. The molecular formula is C11H13NO3. The summed E-state index contributed by atoms with van der Waals surface area (Å²) in [5, 5.41) is 8.80. The van der Waals surface area contributed by atoms with Gasteiger partial charge in [-0.25, -0.2) is 9.78 Å². The molecule has 1 aliphatic heterocycles. The van der Waals surface area contributed by atoms with Crippen molar-refractivity contribution in [3.8, 4) is 0 Å². The smallest absolute Gasteiger partial charge is 0.354 e. The molecule has 0 amide bonds. The van der Waals surface area contributed by atoms with Crippen molar-refractivity contribution in [1.29, 1.82) is 0 Å². The van der Waals surface area contributed by atoms with Gasteiger partial charge in [0, 0.05) is 6.61 Å². The number of aromatic nitrogens is 1. The van der Waals surface area contributed by atoms with Crippen LogP contribution in [0.5, 0.6) is 0 Å². The third kappa shape index (κ3) is 2.33. The highest BCUT2D eigenvalue weighted by molar-refractivity contribution is 5.85. The van der Waals surface area contributed by atoms with Crippen LogP contribution in [0.2, 0.25) is 0 Å². The maximum absolute atomic E-state index is 10.7. The Hall–Kier alpha value is -1.42. The van der Waals surface area contributed by atoms with E-state index in [-0.39, 0.29) is 11.8 Å². The minimum absolute atomic E-state index is 0.0296. The summed E-state index contributed by atoms with van der Waals surface area (Å²) in [6.07, 6.45) is 3.09. The summed E-state index contributed by atoms with van der Waals surface area (Å²) in [5.41, 5.74) is 0.816. The summed E-state index contributed by atoms with van der Waals surface area (Å²) >= 11 is 0. The van der Waals surface area contributed by atoms with Crippen LogP contribution >= 0.6 is 0 Å². The van der Waals surface area contributed by atoms with Gasteiger partial charge in [0.15, 0.2) is 0 Å². The first-order valence-corrected chi connectivity index (χ1v) is 5.09. The Bertz CT molecular complexity index is 359. The predicted molar refractivity (Wildman–Crippen MR) is 53.7 cm³/mol.